The highest BCUT2D eigenvalue weighted by atomic mass is 16.5. The molecule has 0 spiro atoms. The Morgan fingerprint density at radius 3 is 2.63 bits per heavy atom. The van der Waals surface area contributed by atoms with Gasteiger partial charge in [-0.1, -0.05) is 6.07 Å². The van der Waals surface area contributed by atoms with Gasteiger partial charge in [-0.25, -0.2) is 0 Å². The van der Waals surface area contributed by atoms with Gasteiger partial charge in [0.1, 0.15) is 0 Å². The van der Waals surface area contributed by atoms with Crippen LogP contribution in [0.2, 0.25) is 0 Å². The number of nitrogens with two attached hydrogens (primary N) is 1. The molecule has 0 unspecified atom stereocenters. The van der Waals surface area contributed by atoms with Crippen molar-refractivity contribution in [2.45, 2.75) is 12.8 Å². The van der Waals surface area contributed by atoms with Crippen LogP contribution in [0.5, 0.6) is 11.5 Å². The molecule has 1 rings (SSSR count). The second-order valence-corrected chi connectivity index (χ2v) is 4.65. The smallest absolute Gasteiger partial charge is 0.255 e. The van der Waals surface area contributed by atoms with Crippen LogP contribution in [0, 0.1) is 0 Å². The van der Waals surface area contributed by atoms with Gasteiger partial charge in [0, 0.05) is 0 Å². The van der Waals surface area contributed by atoms with Crippen molar-refractivity contribution in [3.63, 3.8) is 0 Å². The highest BCUT2D eigenvalue weighted by Gasteiger charge is 2.07. The van der Waals surface area contributed by atoms with Crippen LogP contribution in [-0.4, -0.2) is 45.2 Å². The molecule has 1 aromatic rings. The van der Waals surface area contributed by atoms with E-state index in [0.717, 1.165) is 19.4 Å². The molecule has 5 heteroatoms. The van der Waals surface area contributed by atoms with Gasteiger partial charge >= 0.3 is 0 Å². The molecule has 1 amide bonds. The highest BCUT2D eigenvalue weighted by molar-refractivity contribution is 5.75. The van der Waals surface area contributed by atoms with Crippen LogP contribution in [0.1, 0.15) is 12.0 Å². The van der Waals surface area contributed by atoms with Crippen molar-refractivity contribution in [2.24, 2.45) is 5.73 Å². The fourth-order valence-electron chi connectivity index (χ4n) is 1.74. The number of rotatable bonds is 8. The van der Waals surface area contributed by atoms with Gasteiger partial charge in [0.2, 0.25) is 0 Å². The minimum atomic E-state index is -0.503. The maximum atomic E-state index is 10.7. The summed E-state index contributed by atoms with van der Waals surface area (Å²) in [6.07, 6.45) is 2.06. The number of ether oxygens (including phenoxy) is 2. The van der Waals surface area contributed by atoms with Crippen molar-refractivity contribution < 1.29 is 14.3 Å². The normalized spacial score (nSPS) is 10.5. The monoisotopic (exact) mass is 266 g/mol. The Morgan fingerprint density at radius 1 is 1.32 bits per heavy atom. The number of hydrogen-bond acceptors (Lipinski definition) is 4. The van der Waals surface area contributed by atoms with E-state index in [2.05, 4.69) is 19.0 Å². The predicted octanol–water partition coefficient (Wildman–Crippen LogP) is 1.05. The van der Waals surface area contributed by atoms with Gasteiger partial charge in [0.25, 0.3) is 5.91 Å². The summed E-state index contributed by atoms with van der Waals surface area (Å²) in [5.41, 5.74) is 6.23. The summed E-state index contributed by atoms with van der Waals surface area (Å²) < 4.78 is 10.5. The van der Waals surface area contributed by atoms with Crippen LogP contribution in [-0.2, 0) is 11.2 Å². The summed E-state index contributed by atoms with van der Waals surface area (Å²) in [6, 6.07) is 5.73. The lowest BCUT2D eigenvalue weighted by molar-refractivity contribution is -0.119. The molecule has 0 saturated carbocycles. The van der Waals surface area contributed by atoms with Gasteiger partial charge in [-0.3, -0.25) is 4.79 Å². The summed E-state index contributed by atoms with van der Waals surface area (Å²) in [5, 5.41) is 0. The first-order valence-corrected chi connectivity index (χ1v) is 6.25. The standard InChI is InChI=1S/C14H22N2O3/c1-16(2)8-4-5-11-6-7-12(13(9-11)18-3)19-10-14(15)17/h6-7,9H,4-5,8,10H2,1-3H3,(H2,15,17). The number of amides is 1. The van der Waals surface area contributed by atoms with E-state index in [9.17, 15) is 4.79 Å². The van der Waals surface area contributed by atoms with Gasteiger partial charge in [-0.05, 0) is 51.2 Å². The second kappa shape index (κ2) is 7.63. The quantitative estimate of drug-likeness (QED) is 0.764. The molecule has 1 aromatic carbocycles. The number of methoxy groups -OCH3 is 1. The Morgan fingerprint density at radius 2 is 2.05 bits per heavy atom. The first-order valence-electron chi connectivity index (χ1n) is 6.25. The molecule has 0 heterocycles. The zero-order chi connectivity index (χ0) is 14.3. The minimum absolute atomic E-state index is 0.143. The van der Waals surface area contributed by atoms with Gasteiger partial charge in [0.15, 0.2) is 18.1 Å². The molecule has 106 valence electrons. The molecule has 0 radical (unpaired) electrons. The lowest BCUT2D eigenvalue weighted by Crippen LogP contribution is -2.20. The van der Waals surface area contributed by atoms with Gasteiger partial charge in [-0.2, -0.15) is 0 Å². The molecule has 0 fully saturated rings. The maximum Gasteiger partial charge on any atom is 0.255 e. The van der Waals surface area contributed by atoms with E-state index >= 15 is 0 Å². The molecule has 5 nitrogen and oxygen atoms in total. The van der Waals surface area contributed by atoms with Crippen LogP contribution in [0.15, 0.2) is 18.2 Å². The molecule has 2 N–H and O–H groups in total. The zero-order valence-corrected chi connectivity index (χ0v) is 11.8. The van der Waals surface area contributed by atoms with E-state index in [0.29, 0.717) is 11.5 Å². The van der Waals surface area contributed by atoms with Crippen molar-refractivity contribution in [3.05, 3.63) is 23.8 Å². The molecule has 0 bridgehead atoms. The van der Waals surface area contributed by atoms with Crippen molar-refractivity contribution in [1.82, 2.24) is 4.90 Å². The molecular weight excluding hydrogens is 244 g/mol. The van der Waals surface area contributed by atoms with Crippen molar-refractivity contribution >= 4 is 5.91 Å². The average Bonchev–Trinajstić information content (AvgIpc) is 2.36. The number of hydrogen-bond donors (Lipinski definition) is 1. The van der Waals surface area contributed by atoms with Crippen LogP contribution >= 0.6 is 0 Å². The number of carbonyl (C=O) groups is 1. The molecule has 0 atom stereocenters. The van der Waals surface area contributed by atoms with Gasteiger partial charge in [-0.15, -0.1) is 0 Å². The summed E-state index contributed by atoms with van der Waals surface area (Å²) in [6.45, 7) is 0.901. The van der Waals surface area contributed by atoms with Crippen LogP contribution in [0.25, 0.3) is 0 Å². The van der Waals surface area contributed by atoms with E-state index in [1.54, 1.807) is 7.11 Å². The third-order valence-electron chi connectivity index (χ3n) is 2.67. The number of primary amides is 1. The molecule has 19 heavy (non-hydrogen) atoms. The van der Waals surface area contributed by atoms with Crippen LogP contribution < -0.4 is 15.2 Å². The Balaban J connectivity index is 2.64. The second-order valence-electron chi connectivity index (χ2n) is 4.65. The Labute approximate surface area is 114 Å². The van der Waals surface area contributed by atoms with Crippen molar-refractivity contribution in [1.29, 1.82) is 0 Å². The predicted molar refractivity (Wildman–Crippen MR) is 74.6 cm³/mol. The van der Waals surface area contributed by atoms with Crippen molar-refractivity contribution in [2.75, 3.05) is 34.4 Å². The molecular formula is C14H22N2O3. The molecule has 0 aromatic heterocycles. The van der Waals surface area contributed by atoms with Gasteiger partial charge < -0.3 is 20.1 Å². The summed E-state index contributed by atoms with van der Waals surface area (Å²) in [7, 11) is 5.69. The van der Waals surface area contributed by atoms with E-state index in [1.807, 2.05) is 18.2 Å². The number of nitrogens with zero attached hydrogens (tertiary/aromatic N) is 1. The maximum absolute atomic E-state index is 10.7. The number of aryl methyl sites for hydroxylation is 1. The summed E-state index contributed by atoms with van der Waals surface area (Å²) in [5.74, 6) is 0.665. The Bertz CT molecular complexity index is 419. The molecule has 0 aliphatic heterocycles. The molecule has 0 aliphatic carbocycles. The summed E-state index contributed by atoms with van der Waals surface area (Å²) >= 11 is 0. The fourth-order valence-corrected chi connectivity index (χ4v) is 1.74. The minimum Gasteiger partial charge on any atom is -0.493 e. The first-order chi connectivity index (χ1) is 9.02. The molecule has 0 aliphatic rings. The zero-order valence-electron chi connectivity index (χ0n) is 11.8. The van der Waals surface area contributed by atoms with Crippen LogP contribution in [0.4, 0.5) is 0 Å². The fraction of sp³-hybridized carbons (Fsp3) is 0.500. The van der Waals surface area contributed by atoms with Crippen molar-refractivity contribution in [3.8, 4) is 11.5 Å². The number of carbonyl (C=O) groups excluding carboxylic acids is 1. The average molecular weight is 266 g/mol. The Kier molecular flexibility index (Phi) is 6.15. The summed E-state index contributed by atoms with van der Waals surface area (Å²) in [4.78, 5) is 12.9. The number of benzene rings is 1. The largest absolute Gasteiger partial charge is 0.493 e. The van der Waals surface area contributed by atoms with Crippen LogP contribution in [0.3, 0.4) is 0 Å². The van der Waals surface area contributed by atoms with E-state index in [4.69, 9.17) is 15.2 Å². The third-order valence-corrected chi connectivity index (χ3v) is 2.67. The topological polar surface area (TPSA) is 64.8 Å². The van der Waals surface area contributed by atoms with E-state index in [1.165, 1.54) is 5.56 Å². The lowest BCUT2D eigenvalue weighted by atomic mass is 10.1. The van der Waals surface area contributed by atoms with E-state index in [-0.39, 0.29) is 6.61 Å². The molecule has 0 saturated heterocycles. The highest BCUT2D eigenvalue weighted by Crippen LogP contribution is 2.28. The Hall–Kier alpha value is -1.75. The SMILES string of the molecule is COc1cc(CCCN(C)C)ccc1OCC(N)=O. The third kappa shape index (κ3) is 5.61. The lowest BCUT2D eigenvalue weighted by Gasteiger charge is -2.12. The van der Waals surface area contributed by atoms with Gasteiger partial charge in [0.05, 0.1) is 7.11 Å². The van der Waals surface area contributed by atoms with E-state index < -0.39 is 5.91 Å². The first kappa shape index (κ1) is 15.3.